The Morgan fingerprint density at radius 1 is 1.28 bits per heavy atom. The van der Waals surface area contributed by atoms with Crippen molar-refractivity contribution in [3.05, 3.63) is 0 Å². The summed E-state index contributed by atoms with van der Waals surface area (Å²) in [5.74, 6) is 1.55. The van der Waals surface area contributed by atoms with Gasteiger partial charge in [0.1, 0.15) is 0 Å². The van der Waals surface area contributed by atoms with Crippen LogP contribution >= 0.6 is 0 Å². The molecule has 108 valence electrons. The van der Waals surface area contributed by atoms with Crippen molar-refractivity contribution in [1.29, 1.82) is 0 Å². The standard InChI is InChI=1S/C15H32N2O/c1-14(2)11-16-8-5-4-6-9-17-10-7-15(12-17)13-18-3/h14-16H,4-13H2,1-3H3. The van der Waals surface area contributed by atoms with Crippen molar-refractivity contribution in [1.82, 2.24) is 10.2 Å². The Balaban J connectivity index is 1.87. The van der Waals surface area contributed by atoms with E-state index in [0.29, 0.717) is 0 Å². The summed E-state index contributed by atoms with van der Waals surface area (Å²) in [6.07, 6.45) is 5.35. The molecule has 0 aliphatic carbocycles. The number of unbranched alkanes of at least 4 members (excludes halogenated alkanes) is 2. The topological polar surface area (TPSA) is 24.5 Å². The zero-order valence-corrected chi connectivity index (χ0v) is 12.6. The fraction of sp³-hybridized carbons (Fsp3) is 1.00. The first kappa shape index (κ1) is 15.9. The molecule has 0 spiro atoms. The number of likely N-dealkylation sites (tertiary alicyclic amines) is 1. The second kappa shape index (κ2) is 9.76. The van der Waals surface area contributed by atoms with E-state index in [0.717, 1.165) is 25.0 Å². The first-order valence-electron chi connectivity index (χ1n) is 7.64. The Morgan fingerprint density at radius 2 is 2.11 bits per heavy atom. The summed E-state index contributed by atoms with van der Waals surface area (Å²) < 4.78 is 5.23. The fourth-order valence-corrected chi connectivity index (χ4v) is 2.64. The first-order chi connectivity index (χ1) is 8.72. The number of rotatable bonds is 10. The van der Waals surface area contributed by atoms with E-state index in [-0.39, 0.29) is 0 Å². The van der Waals surface area contributed by atoms with E-state index < -0.39 is 0 Å². The summed E-state index contributed by atoms with van der Waals surface area (Å²) >= 11 is 0. The van der Waals surface area contributed by atoms with E-state index in [1.807, 2.05) is 7.11 Å². The molecule has 1 saturated heterocycles. The van der Waals surface area contributed by atoms with E-state index in [1.165, 1.54) is 51.9 Å². The lowest BCUT2D eigenvalue weighted by atomic mass is 10.1. The van der Waals surface area contributed by atoms with Crippen molar-refractivity contribution in [2.24, 2.45) is 11.8 Å². The van der Waals surface area contributed by atoms with Crippen LogP contribution in [0.5, 0.6) is 0 Å². The maximum absolute atomic E-state index is 5.23. The van der Waals surface area contributed by atoms with Gasteiger partial charge in [-0.15, -0.1) is 0 Å². The summed E-state index contributed by atoms with van der Waals surface area (Å²) in [4.78, 5) is 2.60. The van der Waals surface area contributed by atoms with Crippen LogP contribution in [0.25, 0.3) is 0 Å². The second-order valence-electron chi connectivity index (χ2n) is 6.07. The minimum atomic E-state index is 0.771. The van der Waals surface area contributed by atoms with Gasteiger partial charge >= 0.3 is 0 Å². The molecule has 1 heterocycles. The number of nitrogens with zero attached hydrogens (tertiary/aromatic N) is 1. The summed E-state index contributed by atoms with van der Waals surface area (Å²) in [5.41, 5.74) is 0. The van der Waals surface area contributed by atoms with Gasteiger partial charge in [-0.1, -0.05) is 20.3 Å². The Hall–Kier alpha value is -0.120. The highest BCUT2D eigenvalue weighted by Gasteiger charge is 2.21. The van der Waals surface area contributed by atoms with Gasteiger partial charge in [-0.25, -0.2) is 0 Å². The summed E-state index contributed by atoms with van der Waals surface area (Å²) in [5, 5.41) is 3.51. The quantitative estimate of drug-likeness (QED) is 0.607. The SMILES string of the molecule is COCC1CCN(CCCCCNCC(C)C)C1. The molecule has 1 aliphatic rings. The molecule has 3 nitrogen and oxygen atoms in total. The molecule has 18 heavy (non-hydrogen) atoms. The van der Waals surface area contributed by atoms with E-state index in [2.05, 4.69) is 24.1 Å². The Morgan fingerprint density at radius 3 is 2.83 bits per heavy atom. The molecule has 0 aromatic rings. The summed E-state index contributed by atoms with van der Waals surface area (Å²) in [6, 6.07) is 0. The summed E-state index contributed by atoms with van der Waals surface area (Å²) in [7, 11) is 1.81. The third-order valence-corrected chi connectivity index (χ3v) is 3.65. The molecule has 0 aromatic heterocycles. The van der Waals surface area contributed by atoms with Gasteiger partial charge in [0.25, 0.3) is 0 Å². The van der Waals surface area contributed by atoms with Gasteiger partial charge in [0, 0.05) is 13.7 Å². The fourth-order valence-electron chi connectivity index (χ4n) is 2.64. The third kappa shape index (κ3) is 7.34. The van der Waals surface area contributed by atoms with Gasteiger partial charge in [-0.2, -0.15) is 0 Å². The van der Waals surface area contributed by atoms with E-state index in [1.54, 1.807) is 0 Å². The van der Waals surface area contributed by atoms with Gasteiger partial charge in [0.15, 0.2) is 0 Å². The van der Waals surface area contributed by atoms with Gasteiger partial charge in [-0.3, -0.25) is 0 Å². The third-order valence-electron chi connectivity index (χ3n) is 3.65. The van der Waals surface area contributed by atoms with Crippen molar-refractivity contribution in [3.8, 4) is 0 Å². The lowest BCUT2D eigenvalue weighted by Gasteiger charge is -2.15. The molecular formula is C15H32N2O. The van der Waals surface area contributed by atoms with E-state index >= 15 is 0 Å². The number of hydrogen-bond donors (Lipinski definition) is 1. The Bertz CT molecular complexity index is 197. The molecule has 1 fully saturated rings. The number of methoxy groups -OCH3 is 1. The van der Waals surface area contributed by atoms with Crippen LogP contribution in [0.15, 0.2) is 0 Å². The average molecular weight is 256 g/mol. The zero-order chi connectivity index (χ0) is 13.2. The maximum Gasteiger partial charge on any atom is 0.0503 e. The highest BCUT2D eigenvalue weighted by Crippen LogP contribution is 2.16. The van der Waals surface area contributed by atoms with Crippen molar-refractivity contribution in [2.45, 2.75) is 39.5 Å². The monoisotopic (exact) mass is 256 g/mol. The highest BCUT2D eigenvalue weighted by molar-refractivity contribution is 4.75. The predicted molar refractivity (Wildman–Crippen MR) is 78.0 cm³/mol. The first-order valence-corrected chi connectivity index (χ1v) is 7.64. The minimum Gasteiger partial charge on any atom is -0.384 e. The van der Waals surface area contributed by atoms with E-state index in [9.17, 15) is 0 Å². The second-order valence-corrected chi connectivity index (χ2v) is 6.07. The minimum absolute atomic E-state index is 0.771. The van der Waals surface area contributed by atoms with Crippen LogP contribution in [0.3, 0.4) is 0 Å². The average Bonchev–Trinajstić information content (AvgIpc) is 2.76. The van der Waals surface area contributed by atoms with Crippen molar-refractivity contribution in [2.75, 3.05) is 46.4 Å². The largest absolute Gasteiger partial charge is 0.384 e. The highest BCUT2D eigenvalue weighted by atomic mass is 16.5. The van der Waals surface area contributed by atoms with E-state index in [4.69, 9.17) is 4.74 Å². The van der Waals surface area contributed by atoms with Crippen molar-refractivity contribution >= 4 is 0 Å². The van der Waals surface area contributed by atoms with Crippen LogP contribution in [0.2, 0.25) is 0 Å². The molecule has 0 radical (unpaired) electrons. The van der Waals surface area contributed by atoms with Crippen molar-refractivity contribution in [3.63, 3.8) is 0 Å². The number of hydrogen-bond acceptors (Lipinski definition) is 3. The molecule has 1 aliphatic heterocycles. The molecular weight excluding hydrogens is 224 g/mol. The molecule has 1 rings (SSSR count). The van der Waals surface area contributed by atoms with Crippen LogP contribution in [0.1, 0.15) is 39.5 Å². The Labute approximate surface area is 113 Å². The summed E-state index contributed by atoms with van der Waals surface area (Å²) in [6.45, 7) is 11.6. The zero-order valence-electron chi connectivity index (χ0n) is 12.6. The number of ether oxygens (including phenoxy) is 1. The van der Waals surface area contributed by atoms with Crippen LogP contribution in [-0.2, 0) is 4.74 Å². The normalized spacial score (nSPS) is 21.0. The Kier molecular flexibility index (Phi) is 8.64. The molecule has 3 heteroatoms. The molecule has 1 unspecified atom stereocenters. The van der Waals surface area contributed by atoms with Crippen LogP contribution < -0.4 is 5.32 Å². The van der Waals surface area contributed by atoms with Gasteiger partial charge in [0.2, 0.25) is 0 Å². The van der Waals surface area contributed by atoms with Gasteiger partial charge in [0.05, 0.1) is 6.61 Å². The molecule has 0 aromatic carbocycles. The van der Waals surface area contributed by atoms with Gasteiger partial charge in [-0.05, 0) is 57.3 Å². The molecule has 0 amide bonds. The lowest BCUT2D eigenvalue weighted by molar-refractivity contribution is 0.153. The predicted octanol–water partition coefficient (Wildman–Crippen LogP) is 2.37. The van der Waals surface area contributed by atoms with Crippen LogP contribution in [0.4, 0.5) is 0 Å². The molecule has 1 N–H and O–H groups in total. The smallest absolute Gasteiger partial charge is 0.0503 e. The molecule has 0 saturated carbocycles. The lowest BCUT2D eigenvalue weighted by Crippen LogP contribution is -2.23. The number of nitrogens with one attached hydrogen (secondary N) is 1. The van der Waals surface area contributed by atoms with Gasteiger partial charge < -0.3 is 15.0 Å². The molecule has 1 atom stereocenters. The van der Waals surface area contributed by atoms with Crippen LogP contribution in [-0.4, -0.2) is 51.3 Å². The molecule has 0 bridgehead atoms. The van der Waals surface area contributed by atoms with Crippen LogP contribution in [0, 0.1) is 11.8 Å². The maximum atomic E-state index is 5.23. The van der Waals surface area contributed by atoms with Crippen molar-refractivity contribution < 1.29 is 4.74 Å².